The molecule has 0 saturated carbocycles. The van der Waals surface area contributed by atoms with Crippen molar-refractivity contribution in [3.8, 4) is 17.2 Å². The summed E-state index contributed by atoms with van der Waals surface area (Å²) in [6, 6.07) is 17.8. The summed E-state index contributed by atoms with van der Waals surface area (Å²) in [6.45, 7) is 6.16. The zero-order valence-corrected chi connectivity index (χ0v) is 24.8. The van der Waals surface area contributed by atoms with Crippen LogP contribution in [0.15, 0.2) is 54.6 Å². The molecule has 0 saturated heterocycles. The molecule has 42 heavy (non-hydrogen) atoms. The third kappa shape index (κ3) is 8.34. The lowest BCUT2D eigenvalue weighted by atomic mass is 9.99. The summed E-state index contributed by atoms with van der Waals surface area (Å²) in [5, 5.41) is 28.3. The fourth-order valence-corrected chi connectivity index (χ4v) is 5.33. The molecule has 6 rings (SSSR count). The first kappa shape index (κ1) is 31.5. The molecular formula is C35H44O7. The Bertz CT molecular complexity index is 1250. The van der Waals surface area contributed by atoms with Crippen molar-refractivity contribution in [1.29, 1.82) is 0 Å². The van der Waals surface area contributed by atoms with E-state index in [-0.39, 0.29) is 18.5 Å². The second-order valence-electron chi connectivity index (χ2n) is 10.9. The van der Waals surface area contributed by atoms with E-state index in [4.69, 9.17) is 19.3 Å². The second-order valence-corrected chi connectivity index (χ2v) is 10.9. The maximum absolute atomic E-state index is 11.6. The van der Waals surface area contributed by atoms with Gasteiger partial charge in [0, 0.05) is 37.0 Å². The third-order valence-corrected chi connectivity index (χ3v) is 7.57. The van der Waals surface area contributed by atoms with Gasteiger partial charge in [-0.25, -0.2) is 0 Å². The van der Waals surface area contributed by atoms with Crippen molar-refractivity contribution in [2.45, 2.75) is 77.4 Å². The molecule has 0 amide bonds. The highest BCUT2D eigenvalue weighted by atomic mass is 16.5. The van der Waals surface area contributed by atoms with Crippen LogP contribution in [0.3, 0.4) is 0 Å². The van der Waals surface area contributed by atoms with Crippen LogP contribution < -0.4 is 14.2 Å². The molecule has 3 aromatic rings. The number of aliphatic hydroxyl groups excluding tert-OH is 3. The van der Waals surface area contributed by atoms with Gasteiger partial charge in [0.15, 0.2) is 5.78 Å². The van der Waals surface area contributed by atoms with Gasteiger partial charge in [-0.15, -0.1) is 0 Å². The molecule has 7 nitrogen and oxygen atoms in total. The summed E-state index contributed by atoms with van der Waals surface area (Å²) in [5.41, 5.74) is 6.13. The maximum atomic E-state index is 11.6. The van der Waals surface area contributed by atoms with Gasteiger partial charge >= 0.3 is 0 Å². The standard InChI is InChI=1S/C12H16O2.C12H14O2.C11H14O3/c2*1-2-3-9-4-5-12-10(8-9)11(13)6-7-14-12;12-5-3-8-1-2-11-9(7-8)10(13)4-6-14-11/h4-5,8,11,13H,2-3,6-7H2,1H3;4-5,8H,2-3,6-7H2,1H3;1-2,7,10,12-13H,3-6H2. The smallest absolute Gasteiger partial charge is 0.170 e. The largest absolute Gasteiger partial charge is 0.493 e. The number of hydrogen-bond acceptors (Lipinski definition) is 7. The Morgan fingerprint density at radius 3 is 1.67 bits per heavy atom. The monoisotopic (exact) mass is 576 g/mol. The first-order chi connectivity index (χ1) is 20.4. The first-order valence-electron chi connectivity index (χ1n) is 15.2. The highest BCUT2D eigenvalue weighted by molar-refractivity contribution is 5.99. The molecule has 3 aliphatic heterocycles. The zero-order chi connectivity index (χ0) is 29.9. The number of ketones is 1. The summed E-state index contributed by atoms with van der Waals surface area (Å²) in [5.74, 6) is 2.58. The minimum atomic E-state index is -0.419. The number of carbonyl (C=O) groups is 1. The third-order valence-electron chi connectivity index (χ3n) is 7.57. The van der Waals surface area contributed by atoms with Crippen LogP contribution in [0, 0.1) is 0 Å². The quantitative estimate of drug-likeness (QED) is 0.326. The van der Waals surface area contributed by atoms with E-state index in [9.17, 15) is 15.0 Å². The molecule has 0 aromatic heterocycles. The molecule has 7 heteroatoms. The fraction of sp³-hybridized carbons (Fsp3) is 0.457. The van der Waals surface area contributed by atoms with Gasteiger partial charge in [-0.2, -0.15) is 0 Å². The highest BCUT2D eigenvalue weighted by Gasteiger charge is 2.20. The van der Waals surface area contributed by atoms with Gasteiger partial charge in [0.2, 0.25) is 0 Å². The Morgan fingerprint density at radius 2 is 1.14 bits per heavy atom. The summed E-state index contributed by atoms with van der Waals surface area (Å²) in [6.07, 6.45) is 6.08. The van der Waals surface area contributed by atoms with E-state index >= 15 is 0 Å². The summed E-state index contributed by atoms with van der Waals surface area (Å²) >= 11 is 0. The number of ether oxygens (including phenoxy) is 3. The van der Waals surface area contributed by atoms with E-state index in [0.29, 0.717) is 45.5 Å². The first-order valence-corrected chi connectivity index (χ1v) is 15.2. The van der Waals surface area contributed by atoms with Gasteiger partial charge in [0.1, 0.15) is 17.2 Å². The van der Waals surface area contributed by atoms with Crippen molar-refractivity contribution >= 4 is 5.78 Å². The van der Waals surface area contributed by atoms with Crippen molar-refractivity contribution in [3.63, 3.8) is 0 Å². The lowest BCUT2D eigenvalue weighted by Crippen LogP contribution is -2.15. The molecule has 3 aliphatic rings. The van der Waals surface area contributed by atoms with Gasteiger partial charge < -0.3 is 29.5 Å². The van der Waals surface area contributed by atoms with E-state index in [1.54, 1.807) is 0 Å². The zero-order valence-electron chi connectivity index (χ0n) is 24.8. The molecule has 0 aliphatic carbocycles. The number of benzene rings is 3. The predicted molar refractivity (Wildman–Crippen MR) is 163 cm³/mol. The Morgan fingerprint density at radius 1 is 0.667 bits per heavy atom. The van der Waals surface area contributed by atoms with Gasteiger partial charge in [-0.1, -0.05) is 44.9 Å². The van der Waals surface area contributed by atoms with E-state index in [2.05, 4.69) is 26.0 Å². The van der Waals surface area contributed by atoms with Gasteiger partial charge in [-0.3, -0.25) is 4.79 Å². The average molecular weight is 577 g/mol. The molecular weight excluding hydrogens is 532 g/mol. The Balaban J connectivity index is 0.000000145. The average Bonchev–Trinajstić information content (AvgIpc) is 3.00. The molecule has 0 fully saturated rings. The molecule has 0 radical (unpaired) electrons. The number of carbonyl (C=O) groups excluding carboxylic acids is 1. The lowest BCUT2D eigenvalue weighted by Gasteiger charge is -2.22. The number of hydrogen-bond donors (Lipinski definition) is 3. The Labute approximate surface area is 249 Å². The van der Waals surface area contributed by atoms with Crippen molar-refractivity contribution in [3.05, 3.63) is 88.0 Å². The number of aryl methyl sites for hydroxylation is 2. The van der Waals surface area contributed by atoms with Crippen LogP contribution in [-0.2, 0) is 19.3 Å². The number of fused-ring (bicyclic) bond motifs is 3. The fourth-order valence-electron chi connectivity index (χ4n) is 5.33. The van der Waals surface area contributed by atoms with Crippen LogP contribution in [-0.4, -0.2) is 47.5 Å². The molecule has 2 unspecified atom stereocenters. The summed E-state index contributed by atoms with van der Waals surface area (Å²) < 4.78 is 16.3. The van der Waals surface area contributed by atoms with E-state index < -0.39 is 6.10 Å². The lowest BCUT2D eigenvalue weighted by molar-refractivity contribution is 0.0933. The van der Waals surface area contributed by atoms with Crippen molar-refractivity contribution in [1.82, 2.24) is 0 Å². The minimum Gasteiger partial charge on any atom is -0.493 e. The van der Waals surface area contributed by atoms with Crippen molar-refractivity contribution < 1.29 is 34.3 Å². The van der Waals surface area contributed by atoms with Crippen LogP contribution in [0.25, 0.3) is 0 Å². The molecule has 3 aromatic carbocycles. The molecule has 2 atom stereocenters. The van der Waals surface area contributed by atoms with E-state index in [1.807, 2.05) is 42.5 Å². The molecule has 0 spiro atoms. The van der Waals surface area contributed by atoms with Crippen LogP contribution in [0.4, 0.5) is 0 Å². The number of aliphatic hydroxyl groups is 3. The highest BCUT2D eigenvalue weighted by Crippen LogP contribution is 2.33. The van der Waals surface area contributed by atoms with Gasteiger partial charge in [0.25, 0.3) is 0 Å². The normalized spacial score (nSPS) is 18.3. The van der Waals surface area contributed by atoms with Crippen molar-refractivity contribution in [2.75, 3.05) is 26.4 Å². The second kappa shape index (κ2) is 15.7. The van der Waals surface area contributed by atoms with Gasteiger partial charge in [0.05, 0.1) is 37.6 Å². The summed E-state index contributed by atoms with van der Waals surface area (Å²) in [7, 11) is 0. The van der Waals surface area contributed by atoms with Crippen LogP contribution >= 0.6 is 0 Å². The van der Waals surface area contributed by atoms with Crippen molar-refractivity contribution in [2.24, 2.45) is 0 Å². The van der Waals surface area contributed by atoms with Gasteiger partial charge in [-0.05, 0) is 72.4 Å². The minimum absolute atomic E-state index is 0.135. The molecule has 3 heterocycles. The van der Waals surface area contributed by atoms with Crippen LogP contribution in [0.2, 0.25) is 0 Å². The molecule has 0 bridgehead atoms. The molecule has 226 valence electrons. The van der Waals surface area contributed by atoms with E-state index in [0.717, 1.165) is 65.2 Å². The van der Waals surface area contributed by atoms with Crippen LogP contribution in [0.1, 0.15) is 96.3 Å². The summed E-state index contributed by atoms with van der Waals surface area (Å²) in [4.78, 5) is 11.6. The van der Waals surface area contributed by atoms with Crippen LogP contribution in [0.5, 0.6) is 17.2 Å². The van der Waals surface area contributed by atoms with E-state index in [1.165, 1.54) is 11.1 Å². The number of rotatable bonds is 6. The Kier molecular flexibility index (Phi) is 11.8. The topological polar surface area (TPSA) is 105 Å². The Hall–Kier alpha value is -3.39. The SMILES string of the molecule is CCCc1ccc2c(c1)C(=O)CCO2.CCCc1ccc2c(c1)C(O)CCO2.OCCc1ccc2c(c1)C(O)CCO2. The molecule has 3 N–H and O–H groups in total. The maximum Gasteiger partial charge on any atom is 0.170 e. The number of Topliss-reactive ketones (excluding diaryl/α,β-unsaturated/α-hetero) is 1. The predicted octanol–water partition coefficient (Wildman–Crippen LogP) is 6.10.